The third-order valence-electron chi connectivity index (χ3n) is 3.11. The summed E-state index contributed by atoms with van der Waals surface area (Å²) in [6, 6.07) is 19.7. The summed E-state index contributed by atoms with van der Waals surface area (Å²) >= 11 is 0. The summed E-state index contributed by atoms with van der Waals surface area (Å²) in [4.78, 5) is 0. The summed E-state index contributed by atoms with van der Waals surface area (Å²) in [7, 11) is -3.05. The number of rotatable bonds is 8. The van der Waals surface area contributed by atoms with Crippen LogP contribution in [0.25, 0.3) is 0 Å². The smallest absolute Gasteiger partial charge is 0.309 e. The summed E-state index contributed by atoms with van der Waals surface area (Å²) in [5.41, 5.74) is 2.14. The predicted octanol–water partition coefficient (Wildman–Crippen LogP) is 4.68. The average molecular weight is 304 g/mol. The van der Waals surface area contributed by atoms with E-state index >= 15 is 0 Å². The maximum absolute atomic E-state index is 12.7. The maximum atomic E-state index is 12.7. The van der Waals surface area contributed by atoms with Crippen LogP contribution in [0, 0.1) is 0 Å². The van der Waals surface area contributed by atoms with Gasteiger partial charge in [-0.15, -0.1) is 0 Å². The molecule has 0 aliphatic carbocycles. The van der Waals surface area contributed by atoms with Gasteiger partial charge in [0.05, 0.1) is 19.4 Å². The topological polar surface area (TPSA) is 35.5 Å². The molecular formula is C17H21O3P. The van der Waals surface area contributed by atoms with Gasteiger partial charge in [-0.3, -0.25) is 4.57 Å². The molecule has 0 N–H and O–H groups in total. The van der Waals surface area contributed by atoms with Crippen LogP contribution in [0.3, 0.4) is 0 Å². The lowest BCUT2D eigenvalue weighted by atomic mass is 10.2. The zero-order chi connectivity index (χ0) is 15.0. The zero-order valence-electron chi connectivity index (χ0n) is 12.3. The van der Waals surface area contributed by atoms with Gasteiger partial charge in [-0.25, -0.2) is 0 Å². The first kappa shape index (κ1) is 16.0. The Hall–Kier alpha value is -1.41. The molecule has 0 fully saturated rings. The van der Waals surface area contributed by atoms with Gasteiger partial charge in [0.25, 0.3) is 0 Å². The van der Waals surface area contributed by atoms with E-state index in [0.29, 0.717) is 25.8 Å². The second-order valence-corrected chi connectivity index (χ2v) is 6.93. The molecule has 0 saturated heterocycles. The summed E-state index contributed by atoms with van der Waals surface area (Å²) in [5.74, 6) is 0. The molecule has 0 heterocycles. The van der Waals surface area contributed by atoms with Crippen molar-refractivity contribution in [2.75, 3.05) is 12.8 Å². The van der Waals surface area contributed by atoms with Crippen LogP contribution in [-0.4, -0.2) is 12.8 Å². The van der Waals surface area contributed by atoms with Crippen molar-refractivity contribution < 1.29 is 13.6 Å². The van der Waals surface area contributed by atoms with Crippen LogP contribution < -0.4 is 0 Å². The highest BCUT2D eigenvalue weighted by molar-refractivity contribution is 7.53. The van der Waals surface area contributed by atoms with Gasteiger partial charge in [0, 0.05) is 0 Å². The van der Waals surface area contributed by atoms with E-state index in [-0.39, 0.29) is 0 Å². The van der Waals surface area contributed by atoms with Gasteiger partial charge >= 0.3 is 7.60 Å². The Balaban J connectivity index is 1.94. The normalized spacial score (nSPS) is 13.8. The van der Waals surface area contributed by atoms with Crippen molar-refractivity contribution in [2.24, 2.45) is 0 Å². The van der Waals surface area contributed by atoms with Gasteiger partial charge in [-0.05, 0) is 24.5 Å². The molecule has 0 aliphatic rings. The second-order valence-electron chi connectivity index (χ2n) is 4.75. The van der Waals surface area contributed by atoms with Crippen LogP contribution >= 0.6 is 7.60 Å². The van der Waals surface area contributed by atoms with Crippen LogP contribution in [-0.2, 0) is 26.6 Å². The Morgan fingerprint density at radius 1 is 0.857 bits per heavy atom. The number of aryl methyl sites for hydroxylation is 1. The molecule has 21 heavy (non-hydrogen) atoms. The van der Waals surface area contributed by atoms with Gasteiger partial charge in [0.2, 0.25) is 0 Å². The zero-order valence-corrected chi connectivity index (χ0v) is 13.2. The van der Waals surface area contributed by atoms with Crippen molar-refractivity contribution in [1.82, 2.24) is 0 Å². The fourth-order valence-corrected chi connectivity index (χ4v) is 3.62. The van der Waals surface area contributed by atoms with E-state index in [2.05, 4.69) is 0 Å². The van der Waals surface area contributed by atoms with E-state index in [1.54, 1.807) is 0 Å². The van der Waals surface area contributed by atoms with Crippen molar-refractivity contribution in [3.8, 4) is 0 Å². The first-order valence-electron chi connectivity index (χ1n) is 7.18. The van der Waals surface area contributed by atoms with Crippen molar-refractivity contribution in [2.45, 2.75) is 20.0 Å². The molecule has 2 rings (SSSR count). The maximum Gasteiger partial charge on any atom is 0.331 e. The van der Waals surface area contributed by atoms with E-state index in [9.17, 15) is 4.57 Å². The molecule has 1 atom stereocenters. The van der Waals surface area contributed by atoms with Crippen molar-refractivity contribution in [3.63, 3.8) is 0 Å². The van der Waals surface area contributed by atoms with Crippen molar-refractivity contribution >= 4 is 7.60 Å². The molecule has 0 bridgehead atoms. The third-order valence-corrected chi connectivity index (χ3v) is 5.06. The molecule has 2 aromatic rings. The van der Waals surface area contributed by atoms with Crippen LogP contribution in [0.1, 0.15) is 18.1 Å². The number of hydrogen-bond acceptors (Lipinski definition) is 3. The van der Waals surface area contributed by atoms with Gasteiger partial charge in [-0.2, -0.15) is 0 Å². The lowest BCUT2D eigenvalue weighted by Crippen LogP contribution is -2.03. The Bertz CT molecular complexity index is 522. The average Bonchev–Trinajstić information content (AvgIpc) is 2.54. The van der Waals surface area contributed by atoms with Crippen LogP contribution in [0.15, 0.2) is 60.7 Å². The third kappa shape index (κ3) is 5.47. The molecule has 2 aromatic carbocycles. The fourth-order valence-electron chi connectivity index (χ4n) is 2.02. The van der Waals surface area contributed by atoms with E-state index in [1.165, 1.54) is 0 Å². The molecule has 0 saturated carbocycles. The van der Waals surface area contributed by atoms with E-state index in [4.69, 9.17) is 9.05 Å². The highest BCUT2D eigenvalue weighted by atomic mass is 31.2. The molecule has 3 nitrogen and oxygen atoms in total. The van der Waals surface area contributed by atoms with Gasteiger partial charge in [0.1, 0.15) is 0 Å². The molecule has 0 radical (unpaired) electrons. The van der Waals surface area contributed by atoms with Gasteiger partial charge in [-0.1, -0.05) is 60.7 Å². The summed E-state index contributed by atoms with van der Waals surface area (Å²) in [6.07, 6.45) is 1.09. The molecule has 1 unspecified atom stereocenters. The molecule has 112 valence electrons. The highest BCUT2D eigenvalue weighted by Gasteiger charge is 2.23. The first-order chi connectivity index (χ1) is 10.2. The van der Waals surface area contributed by atoms with Crippen molar-refractivity contribution in [3.05, 3.63) is 71.8 Å². The van der Waals surface area contributed by atoms with Gasteiger partial charge in [0.15, 0.2) is 0 Å². The predicted molar refractivity (Wildman–Crippen MR) is 85.5 cm³/mol. The molecular weight excluding hydrogens is 283 g/mol. The Labute approximate surface area is 126 Å². The van der Waals surface area contributed by atoms with Crippen LogP contribution in [0.2, 0.25) is 0 Å². The summed E-state index contributed by atoms with van der Waals surface area (Å²) in [5, 5.41) is 0. The largest absolute Gasteiger partial charge is 0.331 e. The Kier molecular flexibility index (Phi) is 6.19. The molecule has 0 aliphatic heterocycles. The summed E-state index contributed by atoms with van der Waals surface area (Å²) in [6.45, 7) is 2.54. The van der Waals surface area contributed by atoms with E-state index in [1.807, 2.05) is 67.6 Å². The Morgan fingerprint density at radius 3 is 2.00 bits per heavy atom. The number of benzene rings is 2. The monoisotopic (exact) mass is 304 g/mol. The van der Waals surface area contributed by atoms with E-state index in [0.717, 1.165) is 11.1 Å². The van der Waals surface area contributed by atoms with Crippen molar-refractivity contribution in [1.29, 1.82) is 0 Å². The minimum Gasteiger partial charge on any atom is -0.309 e. The number of hydrogen-bond donors (Lipinski definition) is 0. The molecule has 0 spiro atoms. The molecule has 0 aromatic heterocycles. The minimum atomic E-state index is -3.05. The standard InChI is InChI=1S/C17H21O3P/c1-2-19-21(18,14-13-16-9-5-3-6-10-16)20-15-17-11-7-4-8-12-17/h3-12H,2,13-15H2,1H3. The second kappa shape index (κ2) is 8.14. The van der Waals surface area contributed by atoms with E-state index < -0.39 is 7.60 Å². The molecule has 0 amide bonds. The SMILES string of the molecule is CCOP(=O)(CCc1ccccc1)OCc1ccccc1. The highest BCUT2D eigenvalue weighted by Crippen LogP contribution is 2.49. The lowest BCUT2D eigenvalue weighted by molar-refractivity contribution is 0.205. The van der Waals surface area contributed by atoms with Crippen LogP contribution in [0.4, 0.5) is 0 Å². The fraction of sp³-hybridized carbons (Fsp3) is 0.294. The Morgan fingerprint density at radius 2 is 1.43 bits per heavy atom. The molecule has 4 heteroatoms. The van der Waals surface area contributed by atoms with Gasteiger partial charge < -0.3 is 9.05 Å². The van der Waals surface area contributed by atoms with Crippen LogP contribution in [0.5, 0.6) is 0 Å². The summed E-state index contributed by atoms with van der Waals surface area (Å²) < 4.78 is 23.7. The lowest BCUT2D eigenvalue weighted by Gasteiger charge is -2.18. The first-order valence-corrected chi connectivity index (χ1v) is 8.90. The quantitative estimate of drug-likeness (QED) is 0.664. The minimum absolute atomic E-state index is 0.312.